The minimum atomic E-state index is -0.142. The minimum Gasteiger partial charge on any atom is -0.456 e. The first-order chi connectivity index (χ1) is 29.0. The van der Waals surface area contributed by atoms with E-state index in [-0.39, 0.29) is 5.41 Å². The number of hydrogen-bond donors (Lipinski definition) is 0. The molecular weight excluding hydrogens is 733 g/mol. The van der Waals surface area contributed by atoms with Gasteiger partial charge in [-0.1, -0.05) is 147 Å². The summed E-state index contributed by atoms with van der Waals surface area (Å²) in [7, 11) is 0. The molecule has 1 aliphatic rings. The predicted molar refractivity (Wildman–Crippen MR) is 253 cm³/mol. The summed E-state index contributed by atoms with van der Waals surface area (Å²) in [6.45, 7) is 4.78. The summed E-state index contributed by atoms with van der Waals surface area (Å²) in [5.41, 5.74) is 14.8. The van der Waals surface area contributed by atoms with E-state index in [1.54, 1.807) is 0 Å². The van der Waals surface area contributed by atoms with E-state index in [9.17, 15) is 0 Å². The lowest BCUT2D eigenvalue weighted by Gasteiger charge is -2.22. The fourth-order valence-corrected chi connectivity index (χ4v) is 11.6. The van der Waals surface area contributed by atoms with E-state index in [0.29, 0.717) is 0 Å². The Balaban J connectivity index is 0.954. The van der Waals surface area contributed by atoms with Gasteiger partial charge in [0, 0.05) is 36.4 Å². The minimum absolute atomic E-state index is 0.142. The summed E-state index contributed by atoms with van der Waals surface area (Å²) in [4.78, 5) is 0. The standard InChI is InChI=1S/C57H36OS/c1-57(2)48-25-21-37(55-41-16-8-6-14-39(41)54(33-12-4-3-5-13-33)40-15-7-9-17-42(40)55)29-45(48)38-24-20-35(30-49(38)57)34-23-27-52-46(28-34)47-32-44-36(31-53(47)59-52)22-26-51-56(44)43-18-10-11-19-50(43)58-51/h3-32H,1-2H3. The van der Waals surface area contributed by atoms with Gasteiger partial charge in [0.05, 0.1) is 0 Å². The Morgan fingerprint density at radius 3 is 1.76 bits per heavy atom. The fourth-order valence-electron chi connectivity index (χ4n) is 10.4. The largest absolute Gasteiger partial charge is 0.456 e. The molecule has 0 aliphatic heterocycles. The van der Waals surface area contributed by atoms with Crippen molar-refractivity contribution in [1.82, 2.24) is 0 Å². The van der Waals surface area contributed by atoms with Gasteiger partial charge in [-0.2, -0.15) is 0 Å². The van der Waals surface area contributed by atoms with E-state index in [4.69, 9.17) is 4.42 Å². The van der Waals surface area contributed by atoms with Crippen LogP contribution in [0.25, 0.3) is 119 Å². The van der Waals surface area contributed by atoms with E-state index in [1.807, 2.05) is 17.4 Å². The number of rotatable bonds is 3. The van der Waals surface area contributed by atoms with Gasteiger partial charge in [-0.15, -0.1) is 11.3 Å². The van der Waals surface area contributed by atoms with Crippen LogP contribution in [0, 0.1) is 0 Å². The van der Waals surface area contributed by atoms with Crippen LogP contribution in [0.1, 0.15) is 25.0 Å². The molecule has 0 fully saturated rings. The monoisotopic (exact) mass is 768 g/mol. The third kappa shape index (κ3) is 4.67. The maximum absolute atomic E-state index is 6.28. The van der Waals surface area contributed by atoms with Crippen LogP contribution >= 0.6 is 11.3 Å². The zero-order valence-electron chi connectivity index (χ0n) is 32.6. The number of fused-ring (bicyclic) bond motifs is 13. The SMILES string of the molecule is CC1(C)c2ccc(-c3c4ccccc4c(-c4ccccc4)c4ccccc34)cc2-c2ccc(-c3ccc4sc5cc6ccc7oc8ccccc8c7c6cc5c4c3)cc21. The lowest BCUT2D eigenvalue weighted by Crippen LogP contribution is -2.15. The first-order valence-corrected chi connectivity index (χ1v) is 21.3. The van der Waals surface area contributed by atoms with Crippen LogP contribution in [-0.4, -0.2) is 0 Å². The third-order valence-corrected chi connectivity index (χ3v) is 14.4. The molecule has 13 rings (SSSR count). The number of para-hydroxylation sites is 1. The Hall–Kier alpha value is -7.00. The Labute approximate surface area is 345 Å². The highest BCUT2D eigenvalue weighted by Gasteiger charge is 2.36. The molecule has 0 amide bonds. The van der Waals surface area contributed by atoms with E-state index in [0.717, 1.165) is 11.2 Å². The highest BCUT2D eigenvalue weighted by atomic mass is 32.1. The van der Waals surface area contributed by atoms with Crippen molar-refractivity contribution in [3.05, 3.63) is 193 Å². The molecule has 0 unspecified atom stereocenters. The average Bonchev–Trinajstić information content (AvgIpc) is 3.91. The maximum Gasteiger partial charge on any atom is 0.136 e. The molecule has 2 heteroatoms. The van der Waals surface area contributed by atoms with E-state index in [1.165, 1.54) is 119 Å². The molecule has 59 heavy (non-hydrogen) atoms. The Morgan fingerprint density at radius 1 is 0.373 bits per heavy atom. The van der Waals surface area contributed by atoms with Crippen LogP contribution in [0.15, 0.2) is 186 Å². The first-order valence-electron chi connectivity index (χ1n) is 20.5. The molecule has 1 aliphatic carbocycles. The van der Waals surface area contributed by atoms with E-state index >= 15 is 0 Å². The fraction of sp³-hybridized carbons (Fsp3) is 0.0526. The summed E-state index contributed by atoms with van der Waals surface area (Å²) in [6.07, 6.45) is 0. The van der Waals surface area contributed by atoms with Gasteiger partial charge >= 0.3 is 0 Å². The molecule has 10 aromatic carbocycles. The van der Waals surface area contributed by atoms with Gasteiger partial charge in [0.1, 0.15) is 11.2 Å². The molecule has 0 bridgehead atoms. The predicted octanol–water partition coefficient (Wildman–Crippen LogP) is 16.7. The van der Waals surface area contributed by atoms with Gasteiger partial charge < -0.3 is 4.42 Å². The smallest absolute Gasteiger partial charge is 0.136 e. The third-order valence-electron chi connectivity index (χ3n) is 13.2. The highest BCUT2D eigenvalue weighted by Crippen LogP contribution is 2.52. The molecule has 1 nitrogen and oxygen atoms in total. The summed E-state index contributed by atoms with van der Waals surface area (Å²) in [5.74, 6) is 0. The first kappa shape index (κ1) is 33.0. The maximum atomic E-state index is 6.28. The van der Waals surface area contributed by atoms with Crippen molar-refractivity contribution in [3.63, 3.8) is 0 Å². The lowest BCUT2D eigenvalue weighted by molar-refractivity contribution is 0.660. The molecule has 276 valence electrons. The molecule has 0 radical (unpaired) electrons. The van der Waals surface area contributed by atoms with Crippen LogP contribution < -0.4 is 0 Å². The second kappa shape index (κ2) is 12.0. The molecular formula is C57H36OS. The van der Waals surface area contributed by atoms with Crippen LogP contribution in [0.5, 0.6) is 0 Å². The lowest BCUT2D eigenvalue weighted by atomic mass is 9.81. The number of furan rings is 1. The Bertz CT molecular complexity index is 3690. The molecule has 2 heterocycles. The second-order valence-electron chi connectivity index (χ2n) is 16.8. The van der Waals surface area contributed by atoms with Crippen molar-refractivity contribution in [3.8, 4) is 44.5 Å². The number of thiophene rings is 1. The number of hydrogen-bond acceptors (Lipinski definition) is 2. The van der Waals surface area contributed by atoms with Crippen molar-refractivity contribution in [2.45, 2.75) is 19.3 Å². The molecule has 0 spiro atoms. The number of benzene rings is 10. The van der Waals surface area contributed by atoms with Crippen molar-refractivity contribution in [2.75, 3.05) is 0 Å². The van der Waals surface area contributed by atoms with Crippen molar-refractivity contribution < 1.29 is 4.42 Å². The molecule has 2 aromatic heterocycles. The van der Waals surface area contributed by atoms with Crippen molar-refractivity contribution in [2.24, 2.45) is 0 Å². The van der Waals surface area contributed by atoms with Gasteiger partial charge in [0.2, 0.25) is 0 Å². The van der Waals surface area contributed by atoms with Gasteiger partial charge in [-0.05, 0) is 136 Å². The van der Waals surface area contributed by atoms with Crippen LogP contribution in [0.3, 0.4) is 0 Å². The van der Waals surface area contributed by atoms with E-state index < -0.39 is 0 Å². The molecule has 0 saturated carbocycles. The van der Waals surface area contributed by atoms with Gasteiger partial charge in [0.15, 0.2) is 0 Å². The molecule has 0 atom stereocenters. The quantitative estimate of drug-likeness (QED) is 0.163. The topological polar surface area (TPSA) is 13.1 Å². The zero-order chi connectivity index (χ0) is 39.0. The van der Waals surface area contributed by atoms with Gasteiger partial charge in [-0.25, -0.2) is 0 Å². The second-order valence-corrected chi connectivity index (χ2v) is 17.9. The van der Waals surface area contributed by atoms with E-state index in [2.05, 4.69) is 190 Å². The molecule has 12 aromatic rings. The van der Waals surface area contributed by atoms with Crippen LogP contribution in [0.2, 0.25) is 0 Å². The van der Waals surface area contributed by atoms with Crippen molar-refractivity contribution >= 4 is 85.8 Å². The summed E-state index contributed by atoms with van der Waals surface area (Å²) >= 11 is 1.88. The highest BCUT2D eigenvalue weighted by molar-refractivity contribution is 7.25. The summed E-state index contributed by atoms with van der Waals surface area (Å²) in [6, 6.07) is 67.7. The Kier molecular flexibility index (Phi) is 6.73. The zero-order valence-corrected chi connectivity index (χ0v) is 33.5. The van der Waals surface area contributed by atoms with Gasteiger partial charge in [-0.3, -0.25) is 0 Å². The van der Waals surface area contributed by atoms with Crippen LogP contribution in [0.4, 0.5) is 0 Å². The summed E-state index contributed by atoms with van der Waals surface area (Å²) < 4.78 is 8.90. The van der Waals surface area contributed by atoms with Crippen molar-refractivity contribution in [1.29, 1.82) is 0 Å². The van der Waals surface area contributed by atoms with Gasteiger partial charge in [0.25, 0.3) is 0 Å². The molecule has 0 N–H and O–H groups in total. The average molecular weight is 769 g/mol. The van der Waals surface area contributed by atoms with Crippen LogP contribution in [-0.2, 0) is 5.41 Å². The molecule has 0 saturated heterocycles. The Morgan fingerprint density at radius 2 is 1.00 bits per heavy atom. The normalized spacial score (nSPS) is 13.4. The summed E-state index contributed by atoms with van der Waals surface area (Å²) in [5, 5.41) is 12.6.